The Labute approximate surface area is 223 Å². The predicted octanol–water partition coefficient (Wildman–Crippen LogP) is 2.12. The van der Waals surface area contributed by atoms with E-state index in [4.69, 9.17) is 14.2 Å². The van der Waals surface area contributed by atoms with E-state index in [1.165, 1.54) is 24.3 Å². The van der Waals surface area contributed by atoms with Gasteiger partial charge in [-0.15, -0.1) is 0 Å². The van der Waals surface area contributed by atoms with Crippen molar-refractivity contribution in [2.45, 2.75) is 0 Å². The van der Waals surface area contributed by atoms with Gasteiger partial charge in [0.25, 0.3) is 5.69 Å². The first kappa shape index (κ1) is 25.9. The summed E-state index contributed by atoms with van der Waals surface area (Å²) in [6.07, 6.45) is 1.59. The van der Waals surface area contributed by atoms with Crippen LogP contribution in [-0.2, 0) is 9.47 Å². The van der Waals surface area contributed by atoms with Crippen LogP contribution in [0.1, 0.15) is 15.9 Å². The fourth-order valence-corrected chi connectivity index (χ4v) is 3.89. The van der Waals surface area contributed by atoms with Crippen molar-refractivity contribution in [3.05, 3.63) is 69.8 Å². The van der Waals surface area contributed by atoms with Crippen molar-refractivity contribution in [2.75, 3.05) is 67.8 Å². The quantitative estimate of drug-likeness (QED) is 0.148. The molecular formula is C25H26N8O6. The van der Waals surface area contributed by atoms with Gasteiger partial charge in [0.15, 0.2) is 0 Å². The molecule has 2 aromatic carbocycles. The van der Waals surface area contributed by atoms with Crippen molar-refractivity contribution >= 4 is 35.7 Å². The van der Waals surface area contributed by atoms with Crippen molar-refractivity contribution in [3.8, 4) is 5.75 Å². The number of nitrogens with one attached hydrogen (secondary N) is 1. The van der Waals surface area contributed by atoms with E-state index in [1.807, 2.05) is 0 Å². The van der Waals surface area contributed by atoms with Crippen molar-refractivity contribution in [2.24, 2.45) is 5.10 Å². The van der Waals surface area contributed by atoms with Crippen LogP contribution >= 0.6 is 0 Å². The number of nitrogens with zero attached hydrogens (tertiary/aromatic N) is 7. The molecule has 2 aliphatic heterocycles. The maximum Gasteiger partial charge on any atom is 0.343 e. The van der Waals surface area contributed by atoms with Crippen LogP contribution in [0.3, 0.4) is 0 Å². The van der Waals surface area contributed by atoms with E-state index in [1.54, 1.807) is 30.5 Å². The van der Waals surface area contributed by atoms with E-state index in [-0.39, 0.29) is 11.3 Å². The summed E-state index contributed by atoms with van der Waals surface area (Å²) in [7, 11) is 0. The van der Waals surface area contributed by atoms with Gasteiger partial charge in [-0.3, -0.25) is 10.1 Å². The summed E-state index contributed by atoms with van der Waals surface area (Å²) in [6.45, 7) is 5.20. The molecule has 3 heterocycles. The first-order valence-electron chi connectivity index (χ1n) is 12.3. The normalized spacial score (nSPS) is 15.8. The maximum absolute atomic E-state index is 12.3. The number of benzene rings is 2. The lowest BCUT2D eigenvalue weighted by Crippen LogP contribution is -2.40. The number of morpholine rings is 2. The van der Waals surface area contributed by atoms with E-state index in [0.717, 1.165) is 5.56 Å². The fourth-order valence-electron chi connectivity index (χ4n) is 3.89. The van der Waals surface area contributed by atoms with E-state index in [2.05, 4.69) is 35.3 Å². The van der Waals surface area contributed by atoms with Crippen LogP contribution in [0.25, 0.3) is 0 Å². The second-order valence-electron chi connectivity index (χ2n) is 8.59. The standard InChI is InChI=1S/C25H26N8O6/c34-22(19-3-5-20(6-4-19)33(35)36)39-21-7-1-18(2-8-21)17-26-30-23-27-24(31-9-13-37-14-10-31)29-25(28-23)32-11-15-38-16-12-32/h1-8,17H,9-16H2,(H,27,28,29,30)/b26-17-. The summed E-state index contributed by atoms with van der Waals surface area (Å²) in [6, 6.07) is 11.9. The molecule has 0 saturated carbocycles. The van der Waals surface area contributed by atoms with Crippen molar-refractivity contribution in [3.63, 3.8) is 0 Å². The number of carbonyl (C=O) groups is 1. The van der Waals surface area contributed by atoms with Crippen molar-refractivity contribution in [1.29, 1.82) is 0 Å². The first-order chi connectivity index (χ1) is 19.0. The highest BCUT2D eigenvalue weighted by molar-refractivity contribution is 5.91. The van der Waals surface area contributed by atoms with Gasteiger partial charge >= 0.3 is 5.97 Å². The van der Waals surface area contributed by atoms with Crippen LogP contribution < -0.4 is 20.0 Å². The molecule has 1 N–H and O–H groups in total. The Kier molecular flexibility index (Phi) is 8.14. The SMILES string of the molecule is O=C(Oc1ccc(/C=N\Nc2nc(N3CCOCC3)nc(N3CCOCC3)n2)cc1)c1ccc([N+](=O)[O-])cc1. The molecule has 0 unspecified atom stereocenters. The Hall–Kier alpha value is -4.69. The Morgan fingerprint density at radius 2 is 1.46 bits per heavy atom. The molecule has 202 valence electrons. The number of carbonyl (C=O) groups excluding carboxylic acids is 1. The third-order valence-electron chi connectivity index (χ3n) is 5.98. The smallest absolute Gasteiger partial charge is 0.343 e. The molecule has 0 radical (unpaired) electrons. The molecule has 0 atom stereocenters. The Morgan fingerprint density at radius 1 is 0.897 bits per heavy atom. The molecule has 2 saturated heterocycles. The van der Waals surface area contributed by atoms with Crippen LogP contribution in [0.5, 0.6) is 5.75 Å². The number of nitro benzene ring substituents is 1. The number of hydrogen-bond acceptors (Lipinski definition) is 13. The van der Waals surface area contributed by atoms with Gasteiger partial charge in [-0.2, -0.15) is 20.1 Å². The third-order valence-corrected chi connectivity index (χ3v) is 5.98. The van der Waals surface area contributed by atoms with Gasteiger partial charge < -0.3 is 24.0 Å². The summed E-state index contributed by atoms with van der Waals surface area (Å²) >= 11 is 0. The number of hydrogen-bond donors (Lipinski definition) is 1. The monoisotopic (exact) mass is 534 g/mol. The number of esters is 1. The zero-order valence-corrected chi connectivity index (χ0v) is 20.9. The van der Waals surface area contributed by atoms with Crippen LogP contribution in [0.15, 0.2) is 53.6 Å². The van der Waals surface area contributed by atoms with Crippen molar-refractivity contribution in [1.82, 2.24) is 15.0 Å². The lowest BCUT2D eigenvalue weighted by molar-refractivity contribution is -0.384. The van der Waals surface area contributed by atoms with Gasteiger partial charge in [0.1, 0.15) is 5.75 Å². The Morgan fingerprint density at radius 3 is 2.00 bits per heavy atom. The van der Waals surface area contributed by atoms with Gasteiger partial charge in [0.05, 0.1) is 43.1 Å². The second kappa shape index (κ2) is 12.2. The molecule has 5 rings (SSSR count). The van der Waals surface area contributed by atoms with Crippen LogP contribution in [0, 0.1) is 10.1 Å². The van der Waals surface area contributed by atoms with Crippen LogP contribution in [-0.4, -0.2) is 84.7 Å². The van der Waals surface area contributed by atoms with Gasteiger partial charge in [0.2, 0.25) is 17.8 Å². The summed E-state index contributed by atoms with van der Waals surface area (Å²) < 4.78 is 16.2. The third kappa shape index (κ3) is 6.80. The molecular weight excluding hydrogens is 508 g/mol. The van der Waals surface area contributed by atoms with Crippen LogP contribution in [0.2, 0.25) is 0 Å². The molecule has 0 amide bonds. The highest BCUT2D eigenvalue weighted by atomic mass is 16.6. The number of hydrazone groups is 1. The van der Waals surface area contributed by atoms with E-state index in [9.17, 15) is 14.9 Å². The molecule has 3 aromatic rings. The molecule has 2 aliphatic rings. The number of nitro groups is 1. The fraction of sp³-hybridized carbons (Fsp3) is 0.320. The summed E-state index contributed by atoms with van der Waals surface area (Å²) in [4.78, 5) is 40.4. The minimum Gasteiger partial charge on any atom is -0.423 e. The molecule has 0 aliphatic carbocycles. The predicted molar refractivity (Wildman–Crippen MR) is 142 cm³/mol. The average Bonchev–Trinajstić information content (AvgIpc) is 2.99. The Balaban J connectivity index is 1.23. The van der Waals surface area contributed by atoms with Gasteiger partial charge in [-0.1, -0.05) is 0 Å². The molecule has 0 bridgehead atoms. The molecule has 2 fully saturated rings. The summed E-state index contributed by atoms with van der Waals surface area (Å²) in [5.74, 6) is 1.15. The largest absolute Gasteiger partial charge is 0.423 e. The number of non-ortho nitro benzene ring substituents is 1. The number of ether oxygens (including phenoxy) is 3. The topological polar surface area (TPSA) is 157 Å². The minimum absolute atomic E-state index is 0.101. The lowest BCUT2D eigenvalue weighted by Gasteiger charge is -2.30. The molecule has 14 nitrogen and oxygen atoms in total. The average molecular weight is 535 g/mol. The van der Waals surface area contributed by atoms with E-state index in [0.29, 0.717) is 76.2 Å². The van der Waals surface area contributed by atoms with Gasteiger partial charge in [-0.05, 0) is 42.0 Å². The molecule has 0 spiro atoms. The lowest BCUT2D eigenvalue weighted by atomic mass is 10.2. The van der Waals surface area contributed by atoms with Crippen molar-refractivity contribution < 1.29 is 23.9 Å². The maximum atomic E-state index is 12.3. The van der Waals surface area contributed by atoms with Gasteiger partial charge in [-0.25, -0.2) is 10.2 Å². The molecule has 14 heteroatoms. The summed E-state index contributed by atoms with van der Waals surface area (Å²) in [5.41, 5.74) is 3.74. The minimum atomic E-state index is -0.616. The molecule has 39 heavy (non-hydrogen) atoms. The first-order valence-corrected chi connectivity index (χ1v) is 12.3. The highest BCUT2D eigenvalue weighted by Crippen LogP contribution is 2.19. The number of anilines is 3. The van der Waals surface area contributed by atoms with E-state index < -0.39 is 10.9 Å². The molecule has 1 aromatic heterocycles. The van der Waals surface area contributed by atoms with Crippen LogP contribution in [0.4, 0.5) is 23.5 Å². The number of rotatable bonds is 8. The highest BCUT2D eigenvalue weighted by Gasteiger charge is 2.20. The summed E-state index contributed by atoms with van der Waals surface area (Å²) in [5, 5.41) is 15.0. The second-order valence-corrected chi connectivity index (χ2v) is 8.59. The van der Waals surface area contributed by atoms with Gasteiger partial charge in [0, 0.05) is 38.3 Å². The Bertz CT molecular complexity index is 1290. The van der Waals surface area contributed by atoms with E-state index >= 15 is 0 Å². The zero-order chi connectivity index (χ0) is 27.0. The zero-order valence-electron chi connectivity index (χ0n) is 20.9. The number of aromatic nitrogens is 3.